The fourth-order valence-corrected chi connectivity index (χ4v) is 1.58. The van der Waals surface area contributed by atoms with Crippen molar-refractivity contribution in [2.24, 2.45) is 0 Å². The van der Waals surface area contributed by atoms with Gasteiger partial charge in [0.25, 0.3) is 0 Å². The van der Waals surface area contributed by atoms with E-state index in [9.17, 15) is 18.0 Å². The normalized spacial score (nSPS) is 12.8. The Morgan fingerprint density at radius 2 is 1.95 bits per heavy atom. The van der Waals surface area contributed by atoms with Gasteiger partial charge in [-0.15, -0.1) is 0 Å². The third-order valence-corrected chi connectivity index (χ3v) is 2.51. The number of rotatable bonds is 6. The maximum absolute atomic E-state index is 12.7. The molecule has 0 aliphatic carbocycles. The molecule has 0 spiro atoms. The molecule has 8 heteroatoms. The van der Waals surface area contributed by atoms with Gasteiger partial charge < -0.3 is 21.1 Å². The molecule has 21 heavy (non-hydrogen) atoms. The van der Waals surface area contributed by atoms with Gasteiger partial charge in [-0.2, -0.15) is 13.2 Å². The van der Waals surface area contributed by atoms with E-state index >= 15 is 0 Å². The predicted octanol–water partition coefficient (Wildman–Crippen LogP) is 1.80. The molecular formula is C13H18F3N3O2. The van der Waals surface area contributed by atoms with Gasteiger partial charge in [0.15, 0.2) is 0 Å². The molecule has 1 aromatic rings. The first kappa shape index (κ1) is 17.3. The second-order valence-electron chi connectivity index (χ2n) is 4.48. The van der Waals surface area contributed by atoms with Crippen LogP contribution in [0, 0.1) is 0 Å². The molecule has 1 rings (SSSR count). The minimum Gasteiger partial charge on any atom is -0.392 e. The highest BCUT2D eigenvalue weighted by atomic mass is 19.4. The van der Waals surface area contributed by atoms with E-state index in [0.717, 1.165) is 6.07 Å². The van der Waals surface area contributed by atoms with Gasteiger partial charge in [-0.05, 0) is 19.1 Å². The number of halogens is 3. The van der Waals surface area contributed by atoms with Crippen LogP contribution in [-0.4, -0.2) is 36.9 Å². The van der Waals surface area contributed by atoms with E-state index in [4.69, 9.17) is 5.11 Å². The molecule has 0 aliphatic rings. The lowest BCUT2D eigenvalue weighted by Crippen LogP contribution is -2.36. The largest absolute Gasteiger partial charge is 0.418 e. The van der Waals surface area contributed by atoms with Crippen LogP contribution in [0.3, 0.4) is 0 Å². The molecule has 0 bridgehead atoms. The number of urea groups is 1. The van der Waals surface area contributed by atoms with Gasteiger partial charge in [0, 0.05) is 19.6 Å². The van der Waals surface area contributed by atoms with Crippen LogP contribution in [0.25, 0.3) is 0 Å². The smallest absolute Gasteiger partial charge is 0.392 e. The number of benzene rings is 1. The van der Waals surface area contributed by atoms with Crippen molar-refractivity contribution in [2.75, 3.05) is 25.0 Å². The Kier molecular flexibility index (Phi) is 6.44. The van der Waals surface area contributed by atoms with E-state index in [1.807, 2.05) is 0 Å². The summed E-state index contributed by atoms with van der Waals surface area (Å²) in [5, 5.41) is 16.5. The molecule has 2 amide bonds. The summed E-state index contributed by atoms with van der Waals surface area (Å²) in [6.07, 6.45) is -5.03. The number of amides is 2. The van der Waals surface area contributed by atoms with Crippen LogP contribution in [-0.2, 0) is 6.18 Å². The first-order valence-electron chi connectivity index (χ1n) is 6.40. The van der Waals surface area contributed by atoms with E-state index in [2.05, 4.69) is 16.0 Å². The topological polar surface area (TPSA) is 73.4 Å². The van der Waals surface area contributed by atoms with Gasteiger partial charge in [0.2, 0.25) is 0 Å². The second kappa shape index (κ2) is 7.84. The van der Waals surface area contributed by atoms with Crippen LogP contribution in [0.5, 0.6) is 0 Å². The van der Waals surface area contributed by atoms with Gasteiger partial charge in [-0.1, -0.05) is 12.1 Å². The number of anilines is 1. The van der Waals surface area contributed by atoms with Crippen molar-refractivity contribution in [3.63, 3.8) is 0 Å². The van der Waals surface area contributed by atoms with E-state index in [1.54, 1.807) is 6.92 Å². The van der Waals surface area contributed by atoms with E-state index in [0.29, 0.717) is 13.1 Å². The number of aliphatic hydroxyl groups is 1. The third-order valence-electron chi connectivity index (χ3n) is 2.51. The summed E-state index contributed by atoms with van der Waals surface area (Å²) in [4.78, 5) is 11.5. The number of hydrogen-bond acceptors (Lipinski definition) is 3. The fraction of sp³-hybridized carbons (Fsp3) is 0.462. The lowest BCUT2D eigenvalue weighted by Gasteiger charge is -2.14. The highest BCUT2D eigenvalue weighted by molar-refractivity contribution is 5.90. The summed E-state index contributed by atoms with van der Waals surface area (Å²) >= 11 is 0. The molecule has 0 radical (unpaired) electrons. The van der Waals surface area contributed by atoms with Crippen LogP contribution < -0.4 is 16.0 Å². The molecule has 0 saturated heterocycles. The van der Waals surface area contributed by atoms with Crippen LogP contribution in [0.1, 0.15) is 12.5 Å². The Hall–Kier alpha value is -1.80. The number of alkyl halides is 3. The molecule has 4 N–H and O–H groups in total. The molecule has 0 heterocycles. The van der Waals surface area contributed by atoms with Crippen LogP contribution in [0.15, 0.2) is 24.3 Å². The lowest BCUT2D eigenvalue weighted by atomic mass is 10.1. The van der Waals surface area contributed by atoms with Crippen LogP contribution in [0.4, 0.5) is 23.7 Å². The zero-order valence-corrected chi connectivity index (χ0v) is 11.5. The number of nitrogens with one attached hydrogen (secondary N) is 3. The maximum Gasteiger partial charge on any atom is 0.418 e. The average Bonchev–Trinajstić information content (AvgIpc) is 2.37. The van der Waals surface area contributed by atoms with Gasteiger partial charge in [0.05, 0.1) is 17.4 Å². The van der Waals surface area contributed by atoms with Gasteiger partial charge >= 0.3 is 12.2 Å². The van der Waals surface area contributed by atoms with E-state index < -0.39 is 23.9 Å². The van der Waals surface area contributed by atoms with Crippen LogP contribution >= 0.6 is 0 Å². The summed E-state index contributed by atoms with van der Waals surface area (Å²) in [6, 6.07) is 4.04. The monoisotopic (exact) mass is 305 g/mol. The lowest BCUT2D eigenvalue weighted by molar-refractivity contribution is -0.136. The highest BCUT2D eigenvalue weighted by Gasteiger charge is 2.33. The molecule has 0 aromatic heterocycles. The Labute approximate surface area is 120 Å². The number of aliphatic hydroxyl groups excluding tert-OH is 1. The number of para-hydroxylation sites is 1. The molecular weight excluding hydrogens is 287 g/mol. The number of hydrogen-bond donors (Lipinski definition) is 4. The molecule has 1 aromatic carbocycles. The summed E-state index contributed by atoms with van der Waals surface area (Å²) in [5.74, 6) is 0. The molecule has 118 valence electrons. The summed E-state index contributed by atoms with van der Waals surface area (Å²) in [7, 11) is 0. The molecule has 1 unspecified atom stereocenters. The van der Waals surface area contributed by atoms with Crippen molar-refractivity contribution >= 4 is 11.7 Å². The van der Waals surface area contributed by atoms with Crippen molar-refractivity contribution in [1.82, 2.24) is 10.6 Å². The Morgan fingerprint density at radius 3 is 2.57 bits per heavy atom. The van der Waals surface area contributed by atoms with E-state index in [1.165, 1.54) is 18.2 Å². The third kappa shape index (κ3) is 6.46. The molecule has 0 saturated carbocycles. The fourth-order valence-electron chi connectivity index (χ4n) is 1.58. The van der Waals surface area contributed by atoms with Crippen molar-refractivity contribution < 1.29 is 23.1 Å². The van der Waals surface area contributed by atoms with Crippen molar-refractivity contribution in [2.45, 2.75) is 19.2 Å². The average molecular weight is 305 g/mol. The summed E-state index contributed by atoms with van der Waals surface area (Å²) in [6.45, 7) is 2.62. The van der Waals surface area contributed by atoms with Gasteiger partial charge in [-0.25, -0.2) is 4.79 Å². The van der Waals surface area contributed by atoms with Gasteiger partial charge in [0.1, 0.15) is 0 Å². The first-order chi connectivity index (χ1) is 9.80. The minimum absolute atomic E-state index is 0.229. The molecule has 0 aliphatic heterocycles. The standard InChI is InChI=1S/C13H18F3N3O2/c1-9(20)8-17-6-7-18-12(21)19-11-5-3-2-4-10(11)13(14,15)16/h2-5,9,17,20H,6-8H2,1H3,(H2,18,19,21). The second-order valence-corrected chi connectivity index (χ2v) is 4.48. The van der Waals surface area contributed by atoms with Crippen molar-refractivity contribution in [3.8, 4) is 0 Å². The minimum atomic E-state index is -4.53. The van der Waals surface area contributed by atoms with Crippen molar-refractivity contribution in [3.05, 3.63) is 29.8 Å². The Balaban J connectivity index is 2.45. The Morgan fingerprint density at radius 1 is 1.29 bits per heavy atom. The predicted molar refractivity (Wildman–Crippen MR) is 73.0 cm³/mol. The van der Waals surface area contributed by atoms with Crippen molar-refractivity contribution in [1.29, 1.82) is 0 Å². The molecule has 1 atom stereocenters. The quantitative estimate of drug-likeness (QED) is 0.606. The molecule has 5 nitrogen and oxygen atoms in total. The maximum atomic E-state index is 12.7. The SMILES string of the molecule is CC(O)CNCCNC(=O)Nc1ccccc1C(F)(F)F. The van der Waals surface area contributed by atoms with Gasteiger partial charge in [-0.3, -0.25) is 0 Å². The number of carbonyl (C=O) groups is 1. The van der Waals surface area contributed by atoms with Crippen LogP contribution in [0.2, 0.25) is 0 Å². The Bertz CT molecular complexity index is 464. The first-order valence-corrected chi connectivity index (χ1v) is 6.40. The highest BCUT2D eigenvalue weighted by Crippen LogP contribution is 2.34. The molecule has 0 fully saturated rings. The number of carbonyl (C=O) groups excluding carboxylic acids is 1. The summed E-state index contributed by atoms with van der Waals surface area (Å²) in [5.41, 5.74) is -1.19. The van der Waals surface area contributed by atoms with E-state index in [-0.39, 0.29) is 12.2 Å². The zero-order valence-electron chi connectivity index (χ0n) is 11.5. The zero-order chi connectivity index (χ0) is 15.9. The summed E-state index contributed by atoms with van der Waals surface area (Å²) < 4.78 is 38.2.